The molecule has 1 aromatic rings. The van der Waals surface area contributed by atoms with E-state index in [0.717, 1.165) is 11.3 Å². The van der Waals surface area contributed by atoms with E-state index in [1.54, 1.807) is 13.8 Å². The van der Waals surface area contributed by atoms with Gasteiger partial charge in [-0.05, 0) is 33.0 Å². The van der Waals surface area contributed by atoms with Crippen molar-refractivity contribution in [1.29, 1.82) is 0 Å². The van der Waals surface area contributed by atoms with Gasteiger partial charge in [-0.15, -0.1) is 0 Å². The molecule has 2 unspecified atom stereocenters. The fourth-order valence-corrected chi connectivity index (χ4v) is 2.01. The molecule has 5 heteroatoms. The van der Waals surface area contributed by atoms with E-state index < -0.39 is 6.10 Å². The van der Waals surface area contributed by atoms with E-state index >= 15 is 0 Å². The second-order valence-corrected chi connectivity index (χ2v) is 4.36. The van der Waals surface area contributed by atoms with Gasteiger partial charge in [0.05, 0.1) is 12.6 Å². The van der Waals surface area contributed by atoms with E-state index in [1.165, 1.54) is 0 Å². The summed E-state index contributed by atoms with van der Waals surface area (Å²) in [7, 11) is 1.90. The van der Waals surface area contributed by atoms with Crippen molar-refractivity contribution in [1.82, 2.24) is 5.32 Å². The highest BCUT2D eigenvalue weighted by atomic mass is 16.6. The third-order valence-corrected chi connectivity index (χ3v) is 3.05. The largest absolute Gasteiger partial charge is 0.491 e. The first-order chi connectivity index (χ1) is 9.15. The quantitative estimate of drug-likeness (QED) is 0.821. The number of carbonyl (C=O) groups excluding carboxylic acids is 1. The summed E-state index contributed by atoms with van der Waals surface area (Å²) in [6, 6.07) is 5.82. The molecule has 0 saturated heterocycles. The van der Waals surface area contributed by atoms with E-state index in [2.05, 4.69) is 5.32 Å². The first-order valence-corrected chi connectivity index (χ1v) is 6.43. The Balaban J connectivity index is 2.05. The predicted octanol–water partition coefficient (Wildman–Crippen LogP) is 1.67. The van der Waals surface area contributed by atoms with Crippen LogP contribution in [0.25, 0.3) is 0 Å². The third-order valence-electron chi connectivity index (χ3n) is 3.05. The molecule has 1 N–H and O–H groups in total. The molecule has 1 aliphatic rings. The van der Waals surface area contributed by atoms with Crippen LogP contribution in [0.5, 0.6) is 11.5 Å². The van der Waals surface area contributed by atoms with Crippen molar-refractivity contribution >= 4 is 5.97 Å². The molecule has 0 bridgehead atoms. The molecule has 0 amide bonds. The monoisotopic (exact) mass is 265 g/mol. The SMILES string of the molecule is CCOC(=O)C(C)Oc1ccc2c(c1)OCC2NC. The summed E-state index contributed by atoms with van der Waals surface area (Å²) in [4.78, 5) is 11.5. The van der Waals surface area contributed by atoms with Gasteiger partial charge in [0.15, 0.2) is 6.10 Å². The molecule has 2 rings (SSSR count). The maximum absolute atomic E-state index is 11.5. The zero-order valence-corrected chi connectivity index (χ0v) is 11.4. The normalized spacial score (nSPS) is 18.4. The van der Waals surface area contributed by atoms with Crippen molar-refractivity contribution in [2.24, 2.45) is 0 Å². The van der Waals surface area contributed by atoms with Crippen molar-refractivity contribution in [2.45, 2.75) is 26.0 Å². The first kappa shape index (κ1) is 13.7. The second-order valence-electron chi connectivity index (χ2n) is 4.36. The van der Waals surface area contributed by atoms with Crippen molar-refractivity contribution < 1.29 is 19.0 Å². The molecule has 0 aliphatic carbocycles. The topological polar surface area (TPSA) is 56.8 Å². The highest BCUT2D eigenvalue weighted by Crippen LogP contribution is 2.35. The minimum atomic E-state index is -0.625. The minimum absolute atomic E-state index is 0.214. The summed E-state index contributed by atoms with van der Waals surface area (Å²) in [5, 5.41) is 3.18. The standard InChI is InChI=1S/C14H19NO4/c1-4-17-14(16)9(2)19-10-5-6-11-12(15-3)8-18-13(11)7-10/h5-7,9,12,15H,4,8H2,1-3H3. The third kappa shape index (κ3) is 2.98. The van der Waals surface area contributed by atoms with Crippen molar-refractivity contribution in [3.05, 3.63) is 23.8 Å². The summed E-state index contributed by atoms with van der Waals surface area (Å²) in [6.45, 7) is 4.40. The van der Waals surface area contributed by atoms with Gasteiger partial charge in [-0.1, -0.05) is 0 Å². The van der Waals surface area contributed by atoms with Crippen LogP contribution >= 0.6 is 0 Å². The number of benzene rings is 1. The van der Waals surface area contributed by atoms with E-state index in [9.17, 15) is 4.79 Å². The first-order valence-electron chi connectivity index (χ1n) is 6.43. The molecule has 1 aliphatic heterocycles. The summed E-state index contributed by atoms with van der Waals surface area (Å²) in [5.74, 6) is 1.04. The number of ether oxygens (including phenoxy) is 3. The summed E-state index contributed by atoms with van der Waals surface area (Å²) in [5.41, 5.74) is 1.11. The van der Waals surface area contributed by atoms with Crippen LogP contribution in [-0.4, -0.2) is 32.3 Å². The van der Waals surface area contributed by atoms with Crippen molar-refractivity contribution in [3.8, 4) is 11.5 Å². The zero-order chi connectivity index (χ0) is 13.8. The van der Waals surface area contributed by atoms with Gasteiger partial charge in [0.25, 0.3) is 0 Å². The molecule has 19 heavy (non-hydrogen) atoms. The molecule has 0 aromatic heterocycles. The van der Waals surface area contributed by atoms with E-state index in [1.807, 2.05) is 25.2 Å². The van der Waals surface area contributed by atoms with E-state index in [0.29, 0.717) is 19.0 Å². The van der Waals surface area contributed by atoms with E-state index in [-0.39, 0.29) is 12.0 Å². The lowest BCUT2D eigenvalue weighted by atomic mass is 10.1. The number of rotatable bonds is 5. The molecule has 1 heterocycles. The minimum Gasteiger partial charge on any atom is -0.491 e. The summed E-state index contributed by atoms with van der Waals surface area (Å²) >= 11 is 0. The van der Waals surface area contributed by atoms with Gasteiger partial charge in [0, 0.05) is 11.6 Å². The number of likely N-dealkylation sites (N-methyl/N-ethyl adjacent to an activating group) is 1. The Morgan fingerprint density at radius 1 is 1.58 bits per heavy atom. The van der Waals surface area contributed by atoms with Crippen LogP contribution in [0.3, 0.4) is 0 Å². The summed E-state index contributed by atoms with van der Waals surface area (Å²) in [6.07, 6.45) is -0.625. The molecule has 5 nitrogen and oxygen atoms in total. The van der Waals surface area contributed by atoms with Crippen LogP contribution in [0.15, 0.2) is 18.2 Å². The van der Waals surface area contributed by atoms with E-state index in [4.69, 9.17) is 14.2 Å². The average molecular weight is 265 g/mol. The molecule has 0 radical (unpaired) electrons. The van der Waals surface area contributed by atoms with Gasteiger partial charge in [0.1, 0.15) is 18.1 Å². The fraction of sp³-hybridized carbons (Fsp3) is 0.500. The van der Waals surface area contributed by atoms with Crippen molar-refractivity contribution in [2.75, 3.05) is 20.3 Å². The number of hydrogen-bond donors (Lipinski definition) is 1. The molecule has 0 spiro atoms. The van der Waals surface area contributed by atoms with Gasteiger partial charge in [-0.2, -0.15) is 0 Å². The molecule has 1 aromatic carbocycles. The maximum atomic E-state index is 11.5. The molecular weight excluding hydrogens is 246 g/mol. The summed E-state index contributed by atoms with van der Waals surface area (Å²) < 4.78 is 16.0. The van der Waals surface area contributed by atoms with Gasteiger partial charge in [-0.3, -0.25) is 0 Å². The maximum Gasteiger partial charge on any atom is 0.347 e. The second kappa shape index (κ2) is 5.93. The van der Waals surface area contributed by atoms with Gasteiger partial charge in [0.2, 0.25) is 0 Å². The van der Waals surface area contributed by atoms with Gasteiger partial charge < -0.3 is 19.5 Å². The van der Waals surface area contributed by atoms with Crippen LogP contribution in [0, 0.1) is 0 Å². The molecule has 0 fully saturated rings. The predicted molar refractivity (Wildman–Crippen MR) is 70.5 cm³/mol. The number of hydrogen-bond acceptors (Lipinski definition) is 5. The van der Waals surface area contributed by atoms with Crippen LogP contribution in [0.4, 0.5) is 0 Å². The smallest absolute Gasteiger partial charge is 0.347 e. The van der Waals surface area contributed by atoms with Crippen molar-refractivity contribution in [3.63, 3.8) is 0 Å². The van der Waals surface area contributed by atoms with Crippen LogP contribution in [-0.2, 0) is 9.53 Å². The molecule has 2 atom stereocenters. The Bertz CT molecular complexity index is 461. The number of carbonyl (C=O) groups is 1. The Morgan fingerprint density at radius 3 is 3.05 bits per heavy atom. The lowest BCUT2D eigenvalue weighted by molar-refractivity contribution is -0.150. The van der Waals surface area contributed by atoms with Gasteiger partial charge >= 0.3 is 5.97 Å². The molecular formula is C14H19NO4. The Morgan fingerprint density at radius 2 is 2.37 bits per heavy atom. The van der Waals surface area contributed by atoms with Crippen LogP contribution in [0.1, 0.15) is 25.5 Å². The molecule has 0 saturated carbocycles. The lowest BCUT2D eigenvalue weighted by Crippen LogP contribution is -2.26. The fourth-order valence-electron chi connectivity index (χ4n) is 2.01. The number of fused-ring (bicyclic) bond motifs is 1. The average Bonchev–Trinajstić information content (AvgIpc) is 2.81. The highest BCUT2D eigenvalue weighted by molar-refractivity contribution is 5.74. The number of esters is 1. The zero-order valence-electron chi connectivity index (χ0n) is 11.4. The van der Waals surface area contributed by atoms with Gasteiger partial charge in [-0.25, -0.2) is 4.79 Å². The Kier molecular flexibility index (Phi) is 4.27. The molecule has 104 valence electrons. The number of nitrogens with one attached hydrogen (secondary N) is 1. The van der Waals surface area contributed by atoms with Crippen LogP contribution < -0.4 is 14.8 Å². The lowest BCUT2D eigenvalue weighted by Gasteiger charge is -2.14. The Hall–Kier alpha value is -1.75. The highest BCUT2D eigenvalue weighted by Gasteiger charge is 2.24. The van der Waals surface area contributed by atoms with Crippen LogP contribution in [0.2, 0.25) is 0 Å². The Labute approximate surface area is 112 Å².